The van der Waals surface area contributed by atoms with E-state index < -0.39 is 5.92 Å². The van der Waals surface area contributed by atoms with E-state index in [1.807, 2.05) is 28.0 Å². The summed E-state index contributed by atoms with van der Waals surface area (Å²) in [5.74, 6) is -0.0920. The van der Waals surface area contributed by atoms with E-state index in [-0.39, 0.29) is 29.6 Å². The van der Waals surface area contributed by atoms with Crippen LogP contribution in [-0.2, 0) is 22.6 Å². The highest BCUT2D eigenvalue weighted by atomic mass is 35.5. The largest absolute Gasteiger partial charge is 0.343 e. The summed E-state index contributed by atoms with van der Waals surface area (Å²) in [7, 11) is 0. The number of carbonyl (C=O) groups is 2. The number of aromatic amines is 1. The monoisotopic (exact) mass is 574 g/mol. The molecule has 2 amide bonds. The lowest BCUT2D eigenvalue weighted by Gasteiger charge is -2.34. The molecule has 1 saturated heterocycles. The first kappa shape index (κ1) is 27.3. The van der Waals surface area contributed by atoms with E-state index in [0.29, 0.717) is 47.7 Å². The highest BCUT2D eigenvalue weighted by Gasteiger charge is 2.36. The number of H-pyrrole nitrogens is 1. The number of piperidine rings is 1. The Labute approximate surface area is 238 Å². The Balaban J connectivity index is 1.34. The topological polar surface area (TPSA) is 69.3 Å². The maximum absolute atomic E-state index is 13.8. The van der Waals surface area contributed by atoms with E-state index in [2.05, 4.69) is 31.0 Å². The van der Waals surface area contributed by atoms with E-state index in [9.17, 15) is 9.59 Å². The summed E-state index contributed by atoms with van der Waals surface area (Å²) < 4.78 is 0. The van der Waals surface area contributed by atoms with Gasteiger partial charge in [0.05, 0.1) is 22.7 Å². The maximum Gasteiger partial charge on any atom is 0.226 e. The minimum atomic E-state index is -0.435. The smallest absolute Gasteiger partial charge is 0.226 e. The Bertz CT molecular complexity index is 1370. The standard InChI is InChI=1S/C29H33Cl3N4O2/c1-29(2,3)16-36-15-23-18(11-25(32)27-22(23)14-33-34-27)10-19(28(36)38)12-26(37)35-8-6-17(7-9-35)21-5-4-20(30)13-24(21)31/h4-5,11,13-14,17,19H,6-10,12,15-16H2,1-3H3,(H,33,34). The van der Waals surface area contributed by atoms with Gasteiger partial charge in [-0.2, -0.15) is 5.10 Å². The summed E-state index contributed by atoms with van der Waals surface area (Å²) in [6, 6.07) is 7.56. The van der Waals surface area contributed by atoms with Gasteiger partial charge in [-0.1, -0.05) is 61.6 Å². The Morgan fingerprint density at radius 3 is 2.53 bits per heavy atom. The number of likely N-dealkylation sites (tertiary alicyclic amines) is 1. The summed E-state index contributed by atoms with van der Waals surface area (Å²) in [4.78, 5) is 31.2. The quantitative estimate of drug-likeness (QED) is 0.369. The fraction of sp³-hybridized carbons (Fsp3) is 0.483. The average molecular weight is 576 g/mol. The molecule has 2 aromatic carbocycles. The van der Waals surface area contributed by atoms with Crippen molar-refractivity contribution >= 4 is 57.5 Å². The van der Waals surface area contributed by atoms with Crippen molar-refractivity contribution in [2.24, 2.45) is 11.3 Å². The third kappa shape index (κ3) is 5.68. The average Bonchev–Trinajstić information content (AvgIpc) is 3.31. The van der Waals surface area contributed by atoms with Crippen molar-refractivity contribution in [3.05, 3.63) is 62.2 Å². The number of benzene rings is 2. The molecule has 0 bridgehead atoms. The van der Waals surface area contributed by atoms with E-state index in [1.54, 1.807) is 12.3 Å². The van der Waals surface area contributed by atoms with Gasteiger partial charge in [-0.3, -0.25) is 14.7 Å². The molecule has 1 atom stereocenters. The van der Waals surface area contributed by atoms with Crippen molar-refractivity contribution in [3.8, 4) is 0 Å². The second kappa shape index (κ2) is 10.7. The molecule has 0 aliphatic carbocycles. The van der Waals surface area contributed by atoms with Gasteiger partial charge < -0.3 is 9.80 Å². The number of rotatable bonds is 4. The molecule has 5 rings (SSSR count). The third-order valence-corrected chi connectivity index (χ3v) is 8.56. The first-order valence-electron chi connectivity index (χ1n) is 13.1. The first-order valence-corrected chi connectivity index (χ1v) is 14.3. The molecule has 0 saturated carbocycles. The van der Waals surface area contributed by atoms with Gasteiger partial charge in [0.15, 0.2) is 0 Å². The number of hydrogen-bond acceptors (Lipinski definition) is 3. The molecule has 38 heavy (non-hydrogen) atoms. The third-order valence-electron chi connectivity index (χ3n) is 7.70. The number of hydrogen-bond donors (Lipinski definition) is 1. The van der Waals surface area contributed by atoms with E-state index in [4.69, 9.17) is 34.8 Å². The van der Waals surface area contributed by atoms with Crippen LogP contribution in [0.2, 0.25) is 15.1 Å². The van der Waals surface area contributed by atoms with Crippen LogP contribution >= 0.6 is 34.8 Å². The summed E-state index contributed by atoms with van der Waals surface area (Å²) in [5, 5.41) is 10.00. The molecule has 1 unspecified atom stereocenters. The summed E-state index contributed by atoms with van der Waals surface area (Å²) in [5.41, 5.74) is 3.86. The number of halogens is 3. The van der Waals surface area contributed by atoms with Crippen molar-refractivity contribution in [3.63, 3.8) is 0 Å². The lowest BCUT2D eigenvalue weighted by atomic mass is 9.88. The predicted octanol–water partition coefficient (Wildman–Crippen LogP) is 6.87. The van der Waals surface area contributed by atoms with E-state index >= 15 is 0 Å². The first-order chi connectivity index (χ1) is 18.0. The van der Waals surface area contributed by atoms with E-state index in [1.165, 1.54) is 0 Å². The molecular formula is C29H33Cl3N4O2. The minimum absolute atomic E-state index is 0.0265. The van der Waals surface area contributed by atoms with Crippen LogP contribution in [0, 0.1) is 11.3 Å². The van der Waals surface area contributed by atoms with Crippen LogP contribution in [0.4, 0.5) is 0 Å². The molecule has 1 N–H and O–H groups in total. The molecule has 0 spiro atoms. The van der Waals surface area contributed by atoms with Crippen molar-refractivity contribution in [1.29, 1.82) is 0 Å². The zero-order valence-electron chi connectivity index (χ0n) is 22.0. The Hall–Kier alpha value is -2.28. The van der Waals surface area contributed by atoms with Gasteiger partial charge in [0, 0.05) is 48.0 Å². The number of amides is 2. The summed E-state index contributed by atoms with van der Waals surface area (Å²) in [6.45, 7) is 8.75. The highest BCUT2D eigenvalue weighted by Crippen LogP contribution is 2.37. The number of nitrogens with zero attached hydrogens (tertiary/aromatic N) is 3. The van der Waals surface area contributed by atoms with Crippen molar-refractivity contribution in [1.82, 2.24) is 20.0 Å². The van der Waals surface area contributed by atoms with E-state index in [0.717, 1.165) is 40.4 Å². The number of nitrogens with one attached hydrogen (secondary N) is 1. The molecule has 3 heterocycles. The maximum atomic E-state index is 13.8. The molecule has 1 aromatic heterocycles. The highest BCUT2D eigenvalue weighted by molar-refractivity contribution is 6.35. The van der Waals surface area contributed by atoms with Crippen molar-refractivity contribution < 1.29 is 9.59 Å². The van der Waals surface area contributed by atoms with Crippen molar-refractivity contribution in [2.45, 2.75) is 58.9 Å². The van der Waals surface area contributed by atoms with Gasteiger partial charge in [-0.15, -0.1) is 0 Å². The van der Waals surface area contributed by atoms with Gasteiger partial charge in [0.2, 0.25) is 11.8 Å². The number of carbonyl (C=O) groups excluding carboxylic acids is 2. The fourth-order valence-corrected chi connectivity index (χ4v) is 6.75. The van der Waals surface area contributed by atoms with Crippen LogP contribution in [-0.4, -0.2) is 51.4 Å². The number of fused-ring (bicyclic) bond motifs is 3. The van der Waals surface area contributed by atoms with Gasteiger partial charge in [0.1, 0.15) is 0 Å². The van der Waals surface area contributed by atoms with Gasteiger partial charge in [-0.05, 0) is 65.5 Å². The second-order valence-corrected chi connectivity index (χ2v) is 13.1. The molecule has 1 fully saturated rings. The fourth-order valence-electron chi connectivity index (χ4n) is 5.91. The Morgan fingerprint density at radius 1 is 1.11 bits per heavy atom. The lowest BCUT2D eigenvalue weighted by molar-refractivity contribution is -0.142. The SMILES string of the molecule is CC(C)(C)CN1Cc2c(cc(Cl)c3[nH]ncc23)CC(CC(=O)N2CCC(c3ccc(Cl)cc3Cl)CC2)C1=O. The molecule has 3 aromatic rings. The Morgan fingerprint density at radius 2 is 1.84 bits per heavy atom. The molecular weight excluding hydrogens is 543 g/mol. The van der Waals surface area contributed by atoms with Crippen molar-refractivity contribution in [2.75, 3.05) is 19.6 Å². The molecule has 9 heteroatoms. The molecule has 0 radical (unpaired) electrons. The normalized spacial score (nSPS) is 19.1. The minimum Gasteiger partial charge on any atom is -0.343 e. The zero-order valence-corrected chi connectivity index (χ0v) is 24.3. The van der Waals surface area contributed by atoms with Crippen LogP contribution < -0.4 is 0 Å². The number of aromatic nitrogens is 2. The summed E-state index contributed by atoms with van der Waals surface area (Å²) in [6.07, 6.45) is 4.12. The predicted molar refractivity (Wildman–Crippen MR) is 153 cm³/mol. The molecule has 202 valence electrons. The van der Waals surface area contributed by atoms with Crippen LogP contribution in [0.25, 0.3) is 10.9 Å². The molecule has 6 nitrogen and oxygen atoms in total. The van der Waals surface area contributed by atoms with Crippen LogP contribution in [0.3, 0.4) is 0 Å². The van der Waals surface area contributed by atoms with Crippen LogP contribution in [0.5, 0.6) is 0 Å². The zero-order chi connectivity index (χ0) is 27.2. The van der Waals surface area contributed by atoms with Gasteiger partial charge in [-0.25, -0.2) is 0 Å². The van der Waals surface area contributed by atoms with Gasteiger partial charge in [0.25, 0.3) is 0 Å². The molecule has 2 aliphatic heterocycles. The summed E-state index contributed by atoms with van der Waals surface area (Å²) >= 11 is 19.1. The van der Waals surface area contributed by atoms with Crippen LogP contribution in [0.1, 0.15) is 62.6 Å². The lowest BCUT2D eigenvalue weighted by Crippen LogP contribution is -2.43. The Kier molecular flexibility index (Phi) is 7.69. The van der Waals surface area contributed by atoms with Gasteiger partial charge >= 0.3 is 0 Å². The van der Waals surface area contributed by atoms with Crippen LogP contribution in [0.15, 0.2) is 30.5 Å². The molecule has 2 aliphatic rings. The second-order valence-electron chi connectivity index (χ2n) is 11.8.